The zero-order chi connectivity index (χ0) is 15.5. The van der Waals surface area contributed by atoms with Crippen molar-refractivity contribution < 1.29 is 5.11 Å². The van der Waals surface area contributed by atoms with Gasteiger partial charge < -0.3 is 10.4 Å². The largest absolute Gasteiger partial charge is 0.387 e. The molecule has 6 heteroatoms. The van der Waals surface area contributed by atoms with Crippen LogP contribution in [0.4, 0.5) is 5.82 Å². The second kappa shape index (κ2) is 6.11. The van der Waals surface area contributed by atoms with Crippen molar-refractivity contribution in [2.75, 3.05) is 11.9 Å². The zero-order valence-corrected chi connectivity index (χ0v) is 12.6. The van der Waals surface area contributed by atoms with Gasteiger partial charge in [-0.2, -0.15) is 9.61 Å². The molecule has 3 aromatic heterocycles. The minimum Gasteiger partial charge on any atom is -0.387 e. The summed E-state index contributed by atoms with van der Waals surface area (Å²) in [5.74, 6) is 1.15. The van der Waals surface area contributed by atoms with E-state index >= 15 is 0 Å². The number of pyridine rings is 1. The Morgan fingerprint density at radius 3 is 2.68 bits per heavy atom. The van der Waals surface area contributed by atoms with E-state index in [1.807, 2.05) is 24.3 Å². The predicted octanol–water partition coefficient (Wildman–Crippen LogP) is 2.39. The molecule has 0 spiro atoms. The van der Waals surface area contributed by atoms with E-state index in [1.54, 1.807) is 23.1 Å². The summed E-state index contributed by atoms with van der Waals surface area (Å²) in [5.41, 5.74) is 2.62. The number of rotatable bonds is 5. The summed E-state index contributed by atoms with van der Waals surface area (Å²) in [7, 11) is 0. The molecule has 3 aromatic rings. The van der Waals surface area contributed by atoms with Crippen LogP contribution in [0.15, 0.2) is 42.9 Å². The van der Waals surface area contributed by atoms with Gasteiger partial charge in [0.2, 0.25) is 0 Å². The zero-order valence-electron chi connectivity index (χ0n) is 12.6. The lowest BCUT2D eigenvalue weighted by Crippen LogP contribution is -2.15. The maximum atomic E-state index is 10.2. The monoisotopic (exact) mass is 297 g/mol. The van der Waals surface area contributed by atoms with E-state index < -0.39 is 6.10 Å². The van der Waals surface area contributed by atoms with Crippen LogP contribution >= 0.6 is 0 Å². The first-order chi connectivity index (χ1) is 10.6. The van der Waals surface area contributed by atoms with Gasteiger partial charge in [0.1, 0.15) is 5.82 Å². The lowest BCUT2D eigenvalue weighted by Gasteiger charge is -2.15. The molecule has 0 aliphatic rings. The van der Waals surface area contributed by atoms with Gasteiger partial charge in [-0.05, 0) is 23.6 Å². The van der Waals surface area contributed by atoms with Crippen LogP contribution in [-0.2, 0) is 0 Å². The Bertz CT molecular complexity index is 754. The van der Waals surface area contributed by atoms with Gasteiger partial charge in [-0.3, -0.25) is 4.98 Å². The molecule has 3 rings (SSSR count). The van der Waals surface area contributed by atoms with Crippen molar-refractivity contribution >= 4 is 11.5 Å². The van der Waals surface area contributed by atoms with Gasteiger partial charge in [0, 0.05) is 36.8 Å². The molecule has 0 aliphatic carbocycles. The van der Waals surface area contributed by atoms with E-state index in [0.717, 1.165) is 22.7 Å². The molecule has 114 valence electrons. The molecular weight excluding hydrogens is 278 g/mol. The third-order valence-electron chi connectivity index (χ3n) is 3.54. The van der Waals surface area contributed by atoms with Gasteiger partial charge in [-0.25, -0.2) is 4.98 Å². The molecule has 0 saturated carbocycles. The molecule has 0 amide bonds. The molecule has 0 saturated heterocycles. The van der Waals surface area contributed by atoms with Crippen LogP contribution in [0.25, 0.3) is 5.65 Å². The van der Waals surface area contributed by atoms with Crippen LogP contribution in [-0.4, -0.2) is 31.2 Å². The van der Waals surface area contributed by atoms with E-state index in [9.17, 15) is 5.11 Å². The maximum Gasteiger partial charge on any atom is 0.157 e. The maximum absolute atomic E-state index is 10.2. The van der Waals surface area contributed by atoms with Crippen molar-refractivity contribution in [3.63, 3.8) is 0 Å². The number of anilines is 1. The summed E-state index contributed by atoms with van der Waals surface area (Å²) in [6.45, 7) is 4.59. The Morgan fingerprint density at radius 2 is 1.95 bits per heavy atom. The van der Waals surface area contributed by atoms with Gasteiger partial charge in [-0.15, -0.1) is 0 Å². The summed E-state index contributed by atoms with van der Waals surface area (Å²) in [6.07, 6.45) is 4.46. The molecule has 22 heavy (non-hydrogen) atoms. The number of aromatic nitrogens is 4. The summed E-state index contributed by atoms with van der Waals surface area (Å²) in [5, 5.41) is 17.8. The quantitative estimate of drug-likeness (QED) is 0.756. The number of fused-ring (bicyclic) bond motifs is 1. The summed E-state index contributed by atoms with van der Waals surface area (Å²) in [6, 6.07) is 7.46. The van der Waals surface area contributed by atoms with Crippen LogP contribution in [0.3, 0.4) is 0 Å². The Hall–Kier alpha value is -2.47. The van der Waals surface area contributed by atoms with Crippen LogP contribution in [0.1, 0.15) is 37.1 Å². The van der Waals surface area contributed by atoms with Crippen LogP contribution in [0.2, 0.25) is 0 Å². The minimum atomic E-state index is -0.607. The molecule has 0 radical (unpaired) electrons. The van der Waals surface area contributed by atoms with Crippen LogP contribution in [0.5, 0.6) is 0 Å². The van der Waals surface area contributed by atoms with Crippen LogP contribution in [0, 0.1) is 0 Å². The highest BCUT2D eigenvalue weighted by molar-refractivity contribution is 5.49. The number of hydrogen-bond acceptors (Lipinski definition) is 5. The molecule has 0 bridgehead atoms. The number of hydrogen-bond donors (Lipinski definition) is 2. The standard InChI is InChI=1S/C16H19N5O/c1-11(2)13-9-16(21-15(20-13)5-8-19-21)18-10-14(22)12-3-6-17-7-4-12/h3-9,11,14,18,22H,10H2,1-2H3/t14-/m0/s1. The first-order valence-corrected chi connectivity index (χ1v) is 7.31. The third kappa shape index (κ3) is 2.92. The fourth-order valence-corrected chi connectivity index (χ4v) is 2.26. The molecule has 3 heterocycles. The average molecular weight is 297 g/mol. The number of aliphatic hydroxyl groups is 1. The molecule has 0 fully saturated rings. The smallest absolute Gasteiger partial charge is 0.157 e. The summed E-state index contributed by atoms with van der Waals surface area (Å²) in [4.78, 5) is 8.53. The number of nitrogens with zero attached hydrogens (tertiary/aromatic N) is 4. The van der Waals surface area contributed by atoms with Crippen molar-refractivity contribution in [1.29, 1.82) is 0 Å². The first-order valence-electron chi connectivity index (χ1n) is 7.31. The normalized spacial score (nSPS) is 12.7. The fraction of sp³-hybridized carbons (Fsp3) is 0.312. The van der Waals surface area contributed by atoms with E-state index in [-0.39, 0.29) is 0 Å². The van der Waals surface area contributed by atoms with E-state index in [0.29, 0.717) is 12.5 Å². The van der Waals surface area contributed by atoms with E-state index in [4.69, 9.17) is 0 Å². The van der Waals surface area contributed by atoms with Crippen LogP contribution < -0.4 is 5.32 Å². The molecule has 0 aromatic carbocycles. The highest BCUT2D eigenvalue weighted by atomic mass is 16.3. The lowest BCUT2D eigenvalue weighted by atomic mass is 10.1. The molecule has 0 unspecified atom stereocenters. The van der Waals surface area contributed by atoms with Crippen molar-refractivity contribution in [2.45, 2.75) is 25.9 Å². The van der Waals surface area contributed by atoms with Gasteiger partial charge in [0.15, 0.2) is 5.65 Å². The van der Waals surface area contributed by atoms with Crippen molar-refractivity contribution in [2.24, 2.45) is 0 Å². The molecule has 6 nitrogen and oxygen atoms in total. The van der Waals surface area contributed by atoms with Gasteiger partial charge >= 0.3 is 0 Å². The minimum absolute atomic E-state index is 0.325. The Labute approximate surface area is 128 Å². The summed E-state index contributed by atoms with van der Waals surface area (Å²) < 4.78 is 1.74. The third-order valence-corrected chi connectivity index (χ3v) is 3.54. The molecule has 2 N–H and O–H groups in total. The second-order valence-corrected chi connectivity index (χ2v) is 5.50. The Kier molecular flexibility index (Phi) is 4.02. The van der Waals surface area contributed by atoms with E-state index in [1.165, 1.54) is 0 Å². The van der Waals surface area contributed by atoms with E-state index in [2.05, 4.69) is 34.2 Å². The Balaban J connectivity index is 1.82. The van der Waals surface area contributed by atoms with Crippen molar-refractivity contribution in [3.05, 3.63) is 54.1 Å². The predicted molar refractivity (Wildman–Crippen MR) is 84.8 cm³/mol. The SMILES string of the molecule is CC(C)c1cc(NC[C@H](O)c2ccncc2)n2nccc2n1. The first kappa shape index (κ1) is 14.5. The second-order valence-electron chi connectivity index (χ2n) is 5.50. The van der Waals surface area contributed by atoms with Gasteiger partial charge in [-0.1, -0.05) is 13.8 Å². The molecular formula is C16H19N5O. The highest BCUT2D eigenvalue weighted by Gasteiger charge is 2.11. The molecule has 0 aliphatic heterocycles. The lowest BCUT2D eigenvalue weighted by molar-refractivity contribution is 0.191. The number of nitrogens with one attached hydrogen (secondary N) is 1. The van der Waals surface area contributed by atoms with Crippen molar-refractivity contribution in [1.82, 2.24) is 19.6 Å². The fourth-order valence-electron chi connectivity index (χ4n) is 2.26. The highest BCUT2D eigenvalue weighted by Crippen LogP contribution is 2.20. The Morgan fingerprint density at radius 1 is 1.18 bits per heavy atom. The van der Waals surface area contributed by atoms with Crippen molar-refractivity contribution in [3.8, 4) is 0 Å². The topological polar surface area (TPSA) is 75.3 Å². The molecule has 1 atom stereocenters. The van der Waals surface area contributed by atoms with Gasteiger partial charge in [0.05, 0.1) is 12.3 Å². The average Bonchev–Trinajstić information content (AvgIpc) is 3.01. The summed E-state index contributed by atoms with van der Waals surface area (Å²) >= 11 is 0. The number of aliphatic hydroxyl groups excluding tert-OH is 1. The van der Waals surface area contributed by atoms with Gasteiger partial charge in [0.25, 0.3) is 0 Å².